The maximum absolute atomic E-state index is 13.8. The molecule has 0 aliphatic carbocycles. The van der Waals surface area contributed by atoms with Crippen LogP contribution in [0.2, 0.25) is 5.02 Å². The van der Waals surface area contributed by atoms with Gasteiger partial charge in [-0.05, 0) is 39.0 Å². The molecule has 1 N–H and O–H groups in total. The number of esters is 1. The van der Waals surface area contributed by atoms with Crippen LogP contribution in [-0.2, 0) is 9.53 Å². The second-order valence-electron chi connectivity index (χ2n) is 4.17. The lowest BCUT2D eigenvalue weighted by molar-refractivity contribution is -0.146. The Balaban J connectivity index is 3.08. The molecule has 0 radical (unpaired) electrons. The van der Waals surface area contributed by atoms with E-state index in [2.05, 4.69) is 5.32 Å². The first-order chi connectivity index (χ1) is 8.45. The Morgan fingerprint density at radius 3 is 2.72 bits per heavy atom. The first-order valence-corrected chi connectivity index (χ1v) is 6.21. The number of carbonyl (C=O) groups is 1. The second-order valence-corrected chi connectivity index (χ2v) is 4.61. The van der Waals surface area contributed by atoms with Crippen molar-refractivity contribution in [2.75, 3.05) is 6.61 Å². The molecular formula is C13H17ClFNO2. The average Bonchev–Trinajstić information content (AvgIpc) is 2.29. The van der Waals surface area contributed by atoms with E-state index in [9.17, 15) is 9.18 Å². The van der Waals surface area contributed by atoms with E-state index in [1.807, 2.05) is 13.8 Å². The molecule has 0 fully saturated rings. The molecule has 1 aromatic rings. The van der Waals surface area contributed by atoms with Gasteiger partial charge in [-0.25, -0.2) is 9.18 Å². The summed E-state index contributed by atoms with van der Waals surface area (Å²) >= 11 is 5.83. The molecule has 1 unspecified atom stereocenters. The first-order valence-electron chi connectivity index (χ1n) is 5.83. The molecule has 0 heterocycles. The molecule has 0 aliphatic heterocycles. The molecule has 3 nitrogen and oxygen atoms in total. The molecule has 100 valence electrons. The lowest BCUT2D eigenvalue weighted by atomic mass is 10.1. The minimum Gasteiger partial charge on any atom is -0.465 e. The summed E-state index contributed by atoms with van der Waals surface area (Å²) < 4.78 is 18.7. The van der Waals surface area contributed by atoms with Crippen molar-refractivity contribution in [2.24, 2.45) is 0 Å². The molecule has 0 aliphatic rings. The van der Waals surface area contributed by atoms with Crippen LogP contribution in [0.5, 0.6) is 0 Å². The van der Waals surface area contributed by atoms with Gasteiger partial charge < -0.3 is 4.74 Å². The van der Waals surface area contributed by atoms with E-state index >= 15 is 0 Å². The van der Waals surface area contributed by atoms with Gasteiger partial charge in [-0.3, -0.25) is 5.32 Å². The van der Waals surface area contributed by atoms with Crippen molar-refractivity contribution < 1.29 is 13.9 Å². The van der Waals surface area contributed by atoms with Gasteiger partial charge in [-0.1, -0.05) is 11.6 Å². The van der Waals surface area contributed by atoms with Crippen LogP contribution in [0.3, 0.4) is 0 Å². The van der Waals surface area contributed by atoms with E-state index in [1.54, 1.807) is 6.92 Å². The van der Waals surface area contributed by atoms with Gasteiger partial charge >= 0.3 is 5.97 Å². The lowest BCUT2D eigenvalue weighted by Gasteiger charge is -2.20. The summed E-state index contributed by atoms with van der Waals surface area (Å²) in [6.07, 6.45) is 0. The van der Waals surface area contributed by atoms with Crippen LogP contribution in [0.4, 0.5) is 4.39 Å². The first kappa shape index (κ1) is 14.9. The zero-order valence-corrected chi connectivity index (χ0v) is 11.4. The quantitative estimate of drug-likeness (QED) is 0.838. The molecule has 0 saturated heterocycles. The van der Waals surface area contributed by atoms with Crippen molar-refractivity contribution in [3.8, 4) is 0 Å². The van der Waals surface area contributed by atoms with Crippen LogP contribution < -0.4 is 5.32 Å². The van der Waals surface area contributed by atoms with Crippen LogP contribution in [0, 0.1) is 5.82 Å². The third kappa shape index (κ3) is 3.96. The average molecular weight is 274 g/mol. The molecule has 0 spiro atoms. The minimum absolute atomic E-state index is 0.0118. The molecule has 0 bridgehead atoms. The number of halogens is 2. The molecule has 1 rings (SSSR count). The molecule has 0 aromatic heterocycles. The van der Waals surface area contributed by atoms with Gasteiger partial charge in [-0.2, -0.15) is 0 Å². The second kappa shape index (κ2) is 6.71. The van der Waals surface area contributed by atoms with E-state index in [4.69, 9.17) is 16.3 Å². The molecule has 18 heavy (non-hydrogen) atoms. The summed E-state index contributed by atoms with van der Waals surface area (Å²) in [5, 5.41) is 3.36. The van der Waals surface area contributed by atoms with Gasteiger partial charge in [0.1, 0.15) is 11.9 Å². The summed E-state index contributed by atoms with van der Waals surface area (Å²) in [5.41, 5.74) is 0.203. The fourth-order valence-electron chi connectivity index (χ4n) is 1.58. The van der Waals surface area contributed by atoms with Gasteiger partial charge in [-0.15, -0.1) is 0 Å². The largest absolute Gasteiger partial charge is 0.465 e. The third-order valence-corrected chi connectivity index (χ3v) is 2.53. The highest BCUT2D eigenvalue weighted by molar-refractivity contribution is 6.30. The van der Waals surface area contributed by atoms with E-state index < -0.39 is 17.8 Å². The highest BCUT2D eigenvalue weighted by Crippen LogP contribution is 2.23. The summed E-state index contributed by atoms with van der Waals surface area (Å²) in [5.74, 6) is -0.988. The number of carbonyl (C=O) groups excluding carboxylic acids is 1. The number of benzene rings is 1. The Hall–Kier alpha value is -1.13. The number of rotatable bonds is 5. The zero-order chi connectivity index (χ0) is 13.7. The third-order valence-electron chi connectivity index (χ3n) is 2.29. The Morgan fingerprint density at radius 2 is 2.17 bits per heavy atom. The maximum Gasteiger partial charge on any atom is 0.327 e. The Bertz CT molecular complexity index is 423. The van der Waals surface area contributed by atoms with E-state index in [0.29, 0.717) is 5.02 Å². The van der Waals surface area contributed by atoms with Crippen LogP contribution in [0.15, 0.2) is 18.2 Å². The normalized spacial score (nSPS) is 12.6. The fraction of sp³-hybridized carbons (Fsp3) is 0.462. The molecule has 0 saturated carbocycles. The summed E-state index contributed by atoms with van der Waals surface area (Å²) in [4.78, 5) is 11.8. The highest BCUT2D eigenvalue weighted by Gasteiger charge is 2.25. The van der Waals surface area contributed by atoms with E-state index in [0.717, 1.165) is 0 Å². The lowest BCUT2D eigenvalue weighted by Crippen LogP contribution is -2.35. The number of nitrogens with one attached hydrogen (secondary N) is 1. The van der Waals surface area contributed by atoms with Crippen molar-refractivity contribution in [1.82, 2.24) is 5.32 Å². The van der Waals surface area contributed by atoms with Crippen molar-refractivity contribution in [3.63, 3.8) is 0 Å². The van der Waals surface area contributed by atoms with Crippen molar-refractivity contribution in [2.45, 2.75) is 32.9 Å². The van der Waals surface area contributed by atoms with Gasteiger partial charge in [0.05, 0.1) is 6.61 Å². The molecule has 1 atom stereocenters. The smallest absolute Gasteiger partial charge is 0.327 e. The highest BCUT2D eigenvalue weighted by atomic mass is 35.5. The van der Waals surface area contributed by atoms with Crippen LogP contribution in [-0.4, -0.2) is 18.6 Å². The molecule has 5 heteroatoms. The monoisotopic (exact) mass is 273 g/mol. The van der Waals surface area contributed by atoms with Crippen LogP contribution in [0.25, 0.3) is 0 Å². The maximum atomic E-state index is 13.8. The van der Waals surface area contributed by atoms with Gasteiger partial charge in [0.25, 0.3) is 0 Å². The SMILES string of the molecule is CCOC(=O)C(NC(C)C)c1cc(Cl)ccc1F. The standard InChI is InChI=1S/C13H17ClFNO2/c1-4-18-13(17)12(16-8(2)3)10-7-9(14)5-6-11(10)15/h5-8,12,16H,4H2,1-3H3. The fourth-order valence-corrected chi connectivity index (χ4v) is 1.76. The van der Waals surface area contributed by atoms with Gasteiger partial charge in [0.2, 0.25) is 0 Å². The number of hydrogen-bond donors (Lipinski definition) is 1. The minimum atomic E-state index is -0.844. The summed E-state index contributed by atoms with van der Waals surface area (Å²) in [6.45, 7) is 5.69. The number of hydrogen-bond acceptors (Lipinski definition) is 3. The van der Waals surface area contributed by atoms with Gasteiger partial charge in [0.15, 0.2) is 0 Å². The molecular weight excluding hydrogens is 257 g/mol. The van der Waals surface area contributed by atoms with Gasteiger partial charge in [0, 0.05) is 16.6 Å². The van der Waals surface area contributed by atoms with E-state index in [1.165, 1.54) is 18.2 Å². The predicted octanol–water partition coefficient (Wildman–Crippen LogP) is 3.08. The zero-order valence-electron chi connectivity index (χ0n) is 10.7. The molecule has 0 amide bonds. The Morgan fingerprint density at radius 1 is 1.50 bits per heavy atom. The number of ether oxygens (including phenoxy) is 1. The topological polar surface area (TPSA) is 38.3 Å². The molecule has 1 aromatic carbocycles. The Labute approximate surface area is 111 Å². The van der Waals surface area contributed by atoms with Crippen LogP contribution in [0.1, 0.15) is 32.4 Å². The summed E-state index contributed by atoms with van der Waals surface area (Å²) in [7, 11) is 0. The summed E-state index contributed by atoms with van der Waals surface area (Å²) in [6, 6.07) is 3.29. The van der Waals surface area contributed by atoms with Crippen molar-refractivity contribution >= 4 is 17.6 Å². The Kier molecular flexibility index (Phi) is 5.56. The van der Waals surface area contributed by atoms with Crippen molar-refractivity contribution in [3.05, 3.63) is 34.6 Å². The predicted molar refractivity (Wildman–Crippen MR) is 69.1 cm³/mol. The van der Waals surface area contributed by atoms with E-state index in [-0.39, 0.29) is 18.2 Å². The van der Waals surface area contributed by atoms with Crippen LogP contribution >= 0.6 is 11.6 Å². The van der Waals surface area contributed by atoms with Crippen molar-refractivity contribution in [1.29, 1.82) is 0 Å².